The Hall–Kier alpha value is -2.53. The lowest BCUT2D eigenvalue weighted by molar-refractivity contribution is -0.202. The van der Waals surface area contributed by atoms with Gasteiger partial charge in [0.25, 0.3) is 0 Å². The molecular weight excluding hydrogens is 350 g/mol. The van der Waals surface area contributed by atoms with E-state index in [-0.39, 0.29) is 0 Å². The van der Waals surface area contributed by atoms with Crippen LogP contribution in [-0.2, 0) is 17.2 Å². The van der Waals surface area contributed by atoms with E-state index in [0.29, 0.717) is 18.5 Å². The third-order valence-electron chi connectivity index (χ3n) is 5.88. The summed E-state index contributed by atoms with van der Waals surface area (Å²) < 4.78 is 6.08. The summed E-state index contributed by atoms with van der Waals surface area (Å²) in [7, 11) is 1.83. The standard InChI is InChI=1S/C23H29N3O2/c1-17-13-14-20(27-16-18-9-5-3-6-10-18)15-21(17)23(19-11-7-4-8-12-19)25-22(24)26(2)28-23/h3,5-6,9-10,13-15,19H,4,7-8,11-12,16H2,1-2H3,(H2,24,25). The van der Waals surface area contributed by atoms with Crippen molar-refractivity contribution in [3.05, 3.63) is 65.2 Å². The molecule has 4 rings (SSSR count). The molecule has 0 amide bonds. The maximum atomic E-state index is 6.33. The summed E-state index contributed by atoms with van der Waals surface area (Å²) in [5, 5.41) is 1.60. The Kier molecular flexibility index (Phi) is 5.27. The minimum atomic E-state index is -0.755. The summed E-state index contributed by atoms with van der Waals surface area (Å²) in [5.41, 5.74) is 8.73. The highest BCUT2D eigenvalue weighted by atomic mass is 16.7. The van der Waals surface area contributed by atoms with Gasteiger partial charge in [-0.1, -0.05) is 55.7 Å². The smallest absolute Gasteiger partial charge is 0.218 e. The van der Waals surface area contributed by atoms with Gasteiger partial charge in [0, 0.05) is 18.5 Å². The lowest BCUT2D eigenvalue weighted by Gasteiger charge is -2.37. The first-order chi connectivity index (χ1) is 13.6. The van der Waals surface area contributed by atoms with E-state index in [1.807, 2.05) is 31.3 Å². The molecule has 5 nitrogen and oxygen atoms in total. The first-order valence-corrected chi connectivity index (χ1v) is 10.1. The van der Waals surface area contributed by atoms with Crippen molar-refractivity contribution in [2.45, 2.75) is 51.4 Å². The third-order valence-corrected chi connectivity index (χ3v) is 5.88. The Morgan fingerprint density at radius 3 is 2.57 bits per heavy atom. The number of ether oxygens (including phenoxy) is 1. The summed E-state index contributed by atoms with van der Waals surface area (Å²) in [4.78, 5) is 11.2. The molecule has 0 saturated heterocycles. The fourth-order valence-corrected chi connectivity index (χ4v) is 4.32. The largest absolute Gasteiger partial charge is 0.489 e. The van der Waals surface area contributed by atoms with E-state index >= 15 is 0 Å². The van der Waals surface area contributed by atoms with Gasteiger partial charge in [-0.2, -0.15) is 0 Å². The number of benzene rings is 2. The second kappa shape index (κ2) is 7.84. The maximum absolute atomic E-state index is 6.33. The molecule has 0 spiro atoms. The van der Waals surface area contributed by atoms with Gasteiger partial charge in [0.1, 0.15) is 12.4 Å². The summed E-state index contributed by atoms with van der Waals surface area (Å²) >= 11 is 0. The topological polar surface area (TPSA) is 60.1 Å². The van der Waals surface area contributed by atoms with Crippen molar-refractivity contribution in [3.63, 3.8) is 0 Å². The molecule has 1 atom stereocenters. The van der Waals surface area contributed by atoms with Gasteiger partial charge in [0.15, 0.2) is 0 Å². The monoisotopic (exact) mass is 379 g/mol. The Bertz CT molecular complexity index is 846. The fourth-order valence-electron chi connectivity index (χ4n) is 4.32. The van der Waals surface area contributed by atoms with Crippen LogP contribution in [0.15, 0.2) is 53.5 Å². The molecule has 0 bridgehead atoms. The number of rotatable bonds is 5. The Balaban J connectivity index is 1.66. The summed E-state index contributed by atoms with van der Waals surface area (Å²) in [6.45, 7) is 2.64. The van der Waals surface area contributed by atoms with Crippen LogP contribution in [0.1, 0.15) is 48.8 Å². The molecule has 1 aliphatic carbocycles. The highest BCUT2D eigenvalue weighted by molar-refractivity contribution is 5.78. The molecule has 0 radical (unpaired) electrons. The van der Waals surface area contributed by atoms with Crippen molar-refractivity contribution in [1.82, 2.24) is 5.06 Å². The van der Waals surface area contributed by atoms with Gasteiger partial charge in [-0.3, -0.25) is 0 Å². The minimum absolute atomic E-state index is 0.313. The normalized spacial score (nSPS) is 22.9. The molecule has 1 aliphatic heterocycles. The molecule has 28 heavy (non-hydrogen) atoms. The van der Waals surface area contributed by atoms with Gasteiger partial charge in [-0.25, -0.2) is 14.9 Å². The average Bonchev–Trinajstić information content (AvgIpc) is 3.04. The van der Waals surface area contributed by atoms with Crippen LogP contribution in [0.2, 0.25) is 0 Å². The van der Waals surface area contributed by atoms with E-state index in [9.17, 15) is 0 Å². The molecule has 2 aromatic rings. The molecule has 2 N–H and O–H groups in total. The van der Waals surface area contributed by atoms with Crippen molar-refractivity contribution in [1.29, 1.82) is 0 Å². The van der Waals surface area contributed by atoms with Crippen LogP contribution in [-0.4, -0.2) is 18.1 Å². The van der Waals surface area contributed by atoms with E-state index in [4.69, 9.17) is 20.3 Å². The number of aryl methyl sites for hydroxylation is 1. The first-order valence-electron chi connectivity index (χ1n) is 10.1. The molecule has 0 aromatic heterocycles. The number of nitrogens with two attached hydrogens (primary N) is 1. The Morgan fingerprint density at radius 2 is 1.89 bits per heavy atom. The van der Waals surface area contributed by atoms with Crippen LogP contribution in [0, 0.1) is 12.8 Å². The van der Waals surface area contributed by atoms with Crippen LogP contribution < -0.4 is 10.5 Å². The van der Waals surface area contributed by atoms with Gasteiger partial charge >= 0.3 is 0 Å². The van der Waals surface area contributed by atoms with E-state index in [1.165, 1.54) is 19.3 Å². The number of hydrogen-bond donors (Lipinski definition) is 1. The Morgan fingerprint density at radius 1 is 1.14 bits per heavy atom. The average molecular weight is 380 g/mol. The molecule has 5 heteroatoms. The van der Waals surface area contributed by atoms with Gasteiger partial charge in [0.2, 0.25) is 11.7 Å². The van der Waals surface area contributed by atoms with Crippen molar-refractivity contribution >= 4 is 5.96 Å². The number of nitrogens with zero attached hydrogens (tertiary/aromatic N) is 2. The number of aliphatic imine (C=N–C) groups is 1. The van der Waals surface area contributed by atoms with Gasteiger partial charge in [-0.15, -0.1) is 0 Å². The molecular formula is C23H29N3O2. The van der Waals surface area contributed by atoms with E-state index < -0.39 is 5.72 Å². The van der Waals surface area contributed by atoms with Crippen LogP contribution in [0.5, 0.6) is 5.75 Å². The van der Waals surface area contributed by atoms with Crippen molar-refractivity contribution in [3.8, 4) is 5.75 Å². The van der Waals surface area contributed by atoms with Crippen LogP contribution in [0.3, 0.4) is 0 Å². The zero-order valence-electron chi connectivity index (χ0n) is 16.7. The van der Waals surface area contributed by atoms with Crippen LogP contribution in [0.25, 0.3) is 0 Å². The molecule has 1 fully saturated rings. The summed E-state index contributed by atoms with van der Waals surface area (Å²) in [5.74, 6) is 1.57. The van der Waals surface area contributed by atoms with E-state index in [0.717, 1.165) is 35.3 Å². The van der Waals surface area contributed by atoms with Crippen molar-refractivity contribution in [2.24, 2.45) is 16.6 Å². The van der Waals surface area contributed by atoms with Crippen molar-refractivity contribution in [2.75, 3.05) is 7.05 Å². The van der Waals surface area contributed by atoms with Crippen LogP contribution in [0.4, 0.5) is 0 Å². The molecule has 1 unspecified atom stereocenters. The zero-order valence-corrected chi connectivity index (χ0v) is 16.7. The lowest BCUT2D eigenvalue weighted by Crippen LogP contribution is -2.38. The van der Waals surface area contributed by atoms with Gasteiger partial charge < -0.3 is 10.5 Å². The minimum Gasteiger partial charge on any atom is -0.489 e. The highest BCUT2D eigenvalue weighted by Crippen LogP contribution is 2.47. The SMILES string of the molecule is Cc1ccc(OCc2ccccc2)cc1C1(C2CCCCC2)N=C(N)N(C)O1. The molecule has 2 aliphatic rings. The maximum Gasteiger partial charge on any atom is 0.218 e. The van der Waals surface area contributed by atoms with E-state index in [2.05, 4.69) is 31.2 Å². The number of hydrogen-bond acceptors (Lipinski definition) is 5. The fraction of sp³-hybridized carbons (Fsp3) is 0.435. The first kappa shape index (κ1) is 18.8. The number of hydroxylamine groups is 2. The predicted molar refractivity (Wildman–Crippen MR) is 111 cm³/mol. The summed E-state index contributed by atoms with van der Waals surface area (Å²) in [6.07, 6.45) is 5.88. The zero-order chi connectivity index (χ0) is 19.6. The third kappa shape index (κ3) is 3.59. The molecule has 1 heterocycles. The summed E-state index contributed by atoms with van der Waals surface area (Å²) in [6, 6.07) is 16.4. The second-order valence-electron chi connectivity index (χ2n) is 7.84. The molecule has 148 valence electrons. The predicted octanol–water partition coefficient (Wildman–Crippen LogP) is 4.50. The lowest BCUT2D eigenvalue weighted by atomic mass is 9.77. The second-order valence-corrected chi connectivity index (χ2v) is 7.84. The highest BCUT2D eigenvalue weighted by Gasteiger charge is 2.48. The molecule has 2 aromatic carbocycles. The van der Waals surface area contributed by atoms with E-state index in [1.54, 1.807) is 5.06 Å². The quantitative estimate of drug-likeness (QED) is 0.831. The number of guanidine groups is 1. The molecule has 1 saturated carbocycles. The van der Waals surface area contributed by atoms with Crippen molar-refractivity contribution < 1.29 is 9.57 Å². The van der Waals surface area contributed by atoms with Gasteiger partial charge in [0.05, 0.1) is 0 Å². The van der Waals surface area contributed by atoms with Gasteiger partial charge in [-0.05, 0) is 43.0 Å². The van der Waals surface area contributed by atoms with Crippen LogP contribution >= 0.6 is 0 Å². The Labute approximate surface area is 167 Å².